The number of amides is 2. The van der Waals surface area contributed by atoms with Gasteiger partial charge in [0.05, 0.1) is 5.92 Å². The third-order valence-corrected chi connectivity index (χ3v) is 5.44. The van der Waals surface area contributed by atoms with E-state index in [4.69, 9.17) is 0 Å². The van der Waals surface area contributed by atoms with Gasteiger partial charge in [0.15, 0.2) is 0 Å². The zero-order valence-electron chi connectivity index (χ0n) is 15.1. The predicted octanol–water partition coefficient (Wildman–Crippen LogP) is 2.03. The van der Waals surface area contributed by atoms with E-state index < -0.39 is 0 Å². The highest BCUT2D eigenvalue weighted by Crippen LogP contribution is 2.20. The molecule has 0 bridgehead atoms. The van der Waals surface area contributed by atoms with Gasteiger partial charge in [0.2, 0.25) is 11.8 Å². The summed E-state index contributed by atoms with van der Waals surface area (Å²) in [5.41, 5.74) is 1.11. The maximum absolute atomic E-state index is 12.4. The number of carbonyl (C=O) groups excluding carboxylic acids is 2. The van der Waals surface area contributed by atoms with Crippen molar-refractivity contribution in [1.82, 2.24) is 15.1 Å². The molecule has 1 aromatic carbocycles. The minimum atomic E-state index is -0.213. The average Bonchev–Trinajstić information content (AvgIpc) is 2.98. The summed E-state index contributed by atoms with van der Waals surface area (Å²) in [6.07, 6.45) is 4.15. The van der Waals surface area contributed by atoms with Crippen LogP contribution in [0.15, 0.2) is 30.3 Å². The van der Waals surface area contributed by atoms with E-state index in [0.717, 1.165) is 18.7 Å². The molecule has 136 valence electrons. The Morgan fingerprint density at radius 2 is 2.04 bits per heavy atom. The van der Waals surface area contributed by atoms with Gasteiger partial charge < -0.3 is 10.2 Å². The fourth-order valence-electron chi connectivity index (χ4n) is 3.86. The van der Waals surface area contributed by atoms with Crippen LogP contribution in [0.3, 0.4) is 0 Å². The molecule has 5 heteroatoms. The molecule has 2 fully saturated rings. The first-order valence-electron chi connectivity index (χ1n) is 9.47. The van der Waals surface area contributed by atoms with Crippen molar-refractivity contribution in [2.24, 2.45) is 5.92 Å². The van der Waals surface area contributed by atoms with Gasteiger partial charge in [-0.15, -0.1) is 0 Å². The van der Waals surface area contributed by atoms with Crippen molar-refractivity contribution in [3.8, 4) is 0 Å². The maximum Gasteiger partial charge on any atom is 0.225 e. The first kappa shape index (κ1) is 17.9. The number of likely N-dealkylation sites (tertiary alicyclic amines) is 2. The number of carbonyl (C=O) groups is 2. The highest BCUT2D eigenvalue weighted by Gasteiger charge is 2.34. The monoisotopic (exact) mass is 343 g/mol. The summed E-state index contributed by atoms with van der Waals surface area (Å²) in [5, 5.41) is 3.04. The van der Waals surface area contributed by atoms with Crippen LogP contribution in [-0.4, -0.2) is 53.8 Å². The van der Waals surface area contributed by atoms with Crippen molar-refractivity contribution in [3.63, 3.8) is 0 Å². The first-order chi connectivity index (χ1) is 12.1. The Kier molecular flexibility index (Phi) is 6.08. The molecule has 2 saturated heterocycles. The summed E-state index contributed by atoms with van der Waals surface area (Å²) < 4.78 is 0. The minimum Gasteiger partial charge on any atom is -0.355 e. The molecule has 0 spiro atoms. The molecule has 1 aromatic rings. The van der Waals surface area contributed by atoms with Gasteiger partial charge in [0.1, 0.15) is 0 Å². The molecule has 2 amide bonds. The number of nitrogens with one attached hydrogen (secondary N) is 1. The second-order valence-electron chi connectivity index (χ2n) is 7.33. The Morgan fingerprint density at radius 3 is 2.80 bits per heavy atom. The van der Waals surface area contributed by atoms with Crippen molar-refractivity contribution < 1.29 is 9.59 Å². The lowest BCUT2D eigenvalue weighted by atomic mass is 10.0. The molecular formula is C20H29N3O2. The number of hydrogen-bond donors (Lipinski definition) is 1. The van der Waals surface area contributed by atoms with E-state index in [9.17, 15) is 9.59 Å². The Bertz CT molecular complexity index is 590. The van der Waals surface area contributed by atoms with Crippen LogP contribution in [0, 0.1) is 5.92 Å². The van der Waals surface area contributed by atoms with E-state index >= 15 is 0 Å². The summed E-state index contributed by atoms with van der Waals surface area (Å²) in [5.74, 6) is -0.114. The van der Waals surface area contributed by atoms with Gasteiger partial charge in [-0.3, -0.25) is 14.5 Å². The highest BCUT2D eigenvalue weighted by molar-refractivity contribution is 5.89. The van der Waals surface area contributed by atoms with Gasteiger partial charge in [0.25, 0.3) is 0 Å². The lowest BCUT2D eigenvalue weighted by Crippen LogP contribution is -2.43. The smallest absolute Gasteiger partial charge is 0.225 e. The van der Waals surface area contributed by atoms with Gasteiger partial charge >= 0.3 is 0 Å². The summed E-state index contributed by atoms with van der Waals surface area (Å²) in [6, 6.07) is 10.6. The molecule has 0 radical (unpaired) electrons. The van der Waals surface area contributed by atoms with Crippen LogP contribution >= 0.6 is 0 Å². The van der Waals surface area contributed by atoms with Crippen LogP contribution in [0.4, 0.5) is 0 Å². The molecular weight excluding hydrogens is 314 g/mol. The molecule has 3 rings (SSSR count). The van der Waals surface area contributed by atoms with Gasteiger partial charge in [-0.05, 0) is 31.9 Å². The largest absolute Gasteiger partial charge is 0.355 e. The molecule has 0 aromatic heterocycles. The Hall–Kier alpha value is -1.88. The fraction of sp³-hybridized carbons (Fsp3) is 0.600. The normalized spacial score (nSPS) is 24.5. The number of hydrogen-bond acceptors (Lipinski definition) is 3. The number of rotatable bonds is 6. The zero-order valence-corrected chi connectivity index (χ0v) is 15.1. The van der Waals surface area contributed by atoms with Crippen LogP contribution in [0.1, 0.15) is 38.2 Å². The summed E-state index contributed by atoms with van der Waals surface area (Å²) >= 11 is 0. The molecule has 1 N–H and O–H groups in total. The van der Waals surface area contributed by atoms with Crippen molar-refractivity contribution in [1.29, 1.82) is 0 Å². The van der Waals surface area contributed by atoms with Crippen LogP contribution in [-0.2, 0) is 16.1 Å². The minimum absolute atomic E-state index is 0.0218. The number of benzene rings is 1. The molecule has 0 saturated carbocycles. The van der Waals surface area contributed by atoms with Crippen LogP contribution in [0.5, 0.6) is 0 Å². The maximum atomic E-state index is 12.4. The van der Waals surface area contributed by atoms with Gasteiger partial charge in [-0.2, -0.15) is 0 Å². The topological polar surface area (TPSA) is 52.7 Å². The van der Waals surface area contributed by atoms with Crippen molar-refractivity contribution in [3.05, 3.63) is 35.9 Å². The quantitative estimate of drug-likeness (QED) is 0.860. The molecule has 2 atom stereocenters. The Balaban J connectivity index is 1.43. The van der Waals surface area contributed by atoms with E-state index in [-0.39, 0.29) is 17.7 Å². The van der Waals surface area contributed by atoms with Crippen molar-refractivity contribution in [2.75, 3.05) is 26.2 Å². The van der Waals surface area contributed by atoms with E-state index in [2.05, 4.69) is 17.1 Å². The van der Waals surface area contributed by atoms with Gasteiger partial charge in [0, 0.05) is 38.6 Å². The Morgan fingerprint density at radius 1 is 1.24 bits per heavy atom. The third kappa shape index (κ3) is 4.82. The number of nitrogens with zero attached hydrogens (tertiary/aromatic N) is 2. The van der Waals surface area contributed by atoms with Crippen molar-refractivity contribution >= 4 is 11.8 Å². The Labute approximate surface area is 150 Å². The lowest BCUT2D eigenvalue weighted by molar-refractivity contribution is -0.129. The van der Waals surface area contributed by atoms with Crippen molar-refractivity contribution in [2.45, 2.75) is 45.2 Å². The van der Waals surface area contributed by atoms with Crippen LogP contribution in [0.25, 0.3) is 0 Å². The molecule has 5 nitrogen and oxygen atoms in total. The average molecular weight is 343 g/mol. The SMILES string of the molecule is CC1CCCCN1CCNC(=O)C1CC(=O)N(Cc2ccccc2)C1. The van der Waals surface area contributed by atoms with E-state index in [1.54, 1.807) is 4.90 Å². The van der Waals surface area contributed by atoms with Crippen LogP contribution in [0.2, 0.25) is 0 Å². The summed E-state index contributed by atoms with van der Waals surface area (Å²) in [4.78, 5) is 28.8. The van der Waals surface area contributed by atoms with Gasteiger partial charge in [-0.1, -0.05) is 36.8 Å². The molecule has 2 aliphatic heterocycles. The second kappa shape index (κ2) is 8.48. The number of piperidine rings is 1. The fourth-order valence-corrected chi connectivity index (χ4v) is 3.86. The molecule has 2 heterocycles. The lowest BCUT2D eigenvalue weighted by Gasteiger charge is -2.33. The first-order valence-corrected chi connectivity index (χ1v) is 9.47. The molecule has 25 heavy (non-hydrogen) atoms. The standard InChI is InChI=1S/C20H29N3O2/c1-16-7-5-6-11-22(16)12-10-21-20(25)18-13-19(24)23(15-18)14-17-8-3-2-4-9-17/h2-4,8-9,16,18H,5-7,10-15H2,1H3,(H,21,25). The van der Waals surface area contributed by atoms with Crippen LogP contribution < -0.4 is 5.32 Å². The zero-order chi connectivity index (χ0) is 17.6. The molecule has 2 aliphatic rings. The van der Waals surface area contributed by atoms with E-state index in [1.807, 2.05) is 30.3 Å². The second-order valence-corrected chi connectivity index (χ2v) is 7.33. The predicted molar refractivity (Wildman–Crippen MR) is 97.9 cm³/mol. The van der Waals surface area contributed by atoms with Gasteiger partial charge in [-0.25, -0.2) is 0 Å². The van der Waals surface area contributed by atoms with E-state index in [0.29, 0.717) is 32.1 Å². The summed E-state index contributed by atoms with van der Waals surface area (Å²) in [6.45, 7) is 6.09. The highest BCUT2D eigenvalue weighted by atomic mass is 16.2. The molecule has 2 unspecified atom stereocenters. The summed E-state index contributed by atoms with van der Waals surface area (Å²) in [7, 11) is 0. The van der Waals surface area contributed by atoms with E-state index in [1.165, 1.54) is 19.3 Å². The third-order valence-electron chi connectivity index (χ3n) is 5.44. The molecule has 0 aliphatic carbocycles.